The van der Waals surface area contributed by atoms with Crippen molar-refractivity contribution < 1.29 is 9.31 Å². The van der Waals surface area contributed by atoms with E-state index in [0.717, 1.165) is 16.1 Å². The lowest BCUT2D eigenvalue weighted by atomic mass is 10.1. The molecular formula is C16H12FN3O2S. The Morgan fingerprint density at radius 2 is 2.00 bits per heavy atom. The number of nitrogens with zero attached hydrogens (tertiary/aromatic N) is 2. The molecule has 23 heavy (non-hydrogen) atoms. The van der Waals surface area contributed by atoms with Crippen molar-refractivity contribution in [3.8, 4) is 0 Å². The van der Waals surface area contributed by atoms with E-state index in [9.17, 15) is 14.5 Å². The number of non-ortho nitro benzene ring substituents is 1. The molecule has 3 rings (SSSR count). The molecule has 0 spiro atoms. The number of anilines is 2. The predicted molar refractivity (Wildman–Crippen MR) is 87.7 cm³/mol. The van der Waals surface area contributed by atoms with Crippen LogP contribution in [0.4, 0.5) is 20.9 Å². The minimum absolute atomic E-state index is 0.0803. The van der Waals surface area contributed by atoms with Crippen LogP contribution in [0.3, 0.4) is 0 Å². The Bertz CT molecular complexity index is 833. The van der Waals surface area contributed by atoms with E-state index in [4.69, 9.17) is 0 Å². The largest absolute Gasteiger partial charge is 0.332 e. The standard InChI is InChI=1S/C16H12FN3O2S/c17-12-4-6-13(7-5-12)19-16-18-10-15(23-16)9-11-2-1-3-14(8-11)20(21)22/h1-8,10H,9H2,(H,18,19). The quantitative estimate of drug-likeness (QED) is 0.552. The first-order valence-electron chi connectivity index (χ1n) is 6.81. The van der Waals surface area contributed by atoms with Gasteiger partial charge in [-0.3, -0.25) is 10.1 Å². The average molecular weight is 329 g/mol. The molecule has 0 saturated heterocycles. The first kappa shape index (κ1) is 15.1. The van der Waals surface area contributed by atoms with E-state index in [1.807, 2.05) is 6.07 Å². The van der Waals surface area contributed by atoms with Gasteiger partial charge in [-0.15, -0.1) is 11.3 Å². The van der Waals surface area contributed by atoms with Gasteiger partial charge in [-0.25, -0.2) is 9.37 Å². The van der Waals surface area contributed by atoms with E-state index < -0.39 is 4.92 Å². The van der Waals surface area contributed by atoms with E-state index in [1.165, 1.54) is 29.5 Å². The molecule has 0 aliphatic rings. The molecule has 0 aliphatic heterocycles. The summed E-state index contributed by atoms with van der Waals surface area (Å²) < 4.78 is 12.9. The van der Waals surface area contributed by atoms with E-state index >= 15 is 0 Å². The Kier molecular flexibility index (Phi) is 4.29. The third kappa shape index (κ3) is 3.89. The van der Waals surface area contributed by atoms with Crippen molar-refractivity contribution >= 4 is 27.8 Å². The van der Waals surface area contributed by atoms with Crippen LogP contribution in [0.1, 0.15) is 10.4 Å². The highest BCUT2D eigenvalue weighted by molar-refractivity contribution is 7.15. The lowest BCUT2D eigenvalue weighted by Crippen LogP contribution is -1.90. The first-order chi connectivity index (χ1) is 11.1. The summed E-state index contributed by atoms with van der Waals surface area (Å²) in [5.41, 5.74) is 1.69. The van der Waals surface area contributed by atoms with Gasteiger partial charge < -0.3 is 5.32 Å². The van der Waals surface area contributed by atoms with Gasteiger partial charge in [0.1, 0.15) is 5.82 Å². The maximum Gasteiger partial charge on any atom is 0.269 e. The highest BCUT2D eigenvalue weighted by Gasteiger charge is 2.08. The van der Waals surface area contributed by atoms with Gasteiger partial charge in [-0.1, -0.05) is 12.1 Å². The molecule has 7 heteroatoms. The van der Waals surface area contributed by atoms with Gasteiger partial charge in [0, 0.05) is 35.3 Å². The number of rotatable bonds is 5. The van der Waals surface area contributed by atoms with Crippen LogP contribution in [0.15, 0.2) is 54.7 Å². The van der Waals surface area contributed by atoms with Crippen LogP contribution in [-0.4, -0.2) is 9.91 Å². The monoisotopic (exact) mass is 329 g/mol. The number of benzene rings is 2. The zero-order valence-electron chi connectivity index (χ0n) is 11.9. The summed E-state index contributed by atoms with van der Waals surface area (Å²) in [6.45, 7) is 0. The van der Waals surface area contributed by atoms with Crippen LogP contribution >= 0.6 is 11.3 Å². The van der Waals surface area contributed by atoms with Crippen LogP contribution in [0, 0.1) is 15.9 Å². The molecule has 116 valence electrons. The highest BCUT2D eigenvalue weighted by Crippen LogP contribution is 2.25. The fourth-order valence-electron chi connectivity index (χ4n) is 2.08. The van der Waals surface area contributed by atoms with E-state index in [1.54, 1.807) is 30.5 Å². The van der Waals surface area contributed by atoms with E-state index in [2.05, 4.69) is 10.3 Å². The van der Waals surface area contributed by atoms with Crippen molar-refractivity contribution in [3.63, 3.8) is 0 Å². The molecule has 1 aromatic heterocycles. The molecular weight excluding hydrogens is 317 g/mol. The lowest BCUT2D eigenvalue weighted by Gasteiger charge is -2.01. The minimum Gasteiger partial charge on any atom is -0.332 e. The maximum absolute atomic E-state index is 12.9. The average Bonchev–Trinajstić information content (AvgIpc) is 2.97. The second kappa shape index (κ2) is 6.53. The van der Waals surface area contributed by atoms with Crippen molar-refractivity contribution in [2.24, 2.45) is 0 Å². The SMILES string of the molecule is O=[N+]([O-])c1cccc(Cc2cnc(Nc3ccc(F)cc3)s2)c1. The summed E-state index contributed by atoms with van der Waals surface area (Å²) in [6.07, 6.45) is 2.31. The van der Waals surface area contributed by atoms with Crippen LogP contribution in [-0.2, 0) is 6.42 Å². The number of thiazole rings is 1. The van der Waals surface area contributed by atoms with Gasteiger partial charge in [0.15, 0.2) is 5.13 Å². The number of halogens is 1. The van der Waals surface area contributed by atoms with Gasteiger partial charge in [0.25, 0.3) is 5.69 Å². The molecule has 0 aliphatic carbocycles. The summed E-state index contributed by atoms with van der Waals surface area (Å²) in [5.74, 6) is -0.291. The second-order valence-corrected chi connectivity index (χ2v) is 5.98. The lowest BCUT2D eigenvalue weighted by molar-refractivity contribution is -0.384. The van der Waals surface area contributed by atoms with Gasteiger partial charge in [-0.05, 0) is 29.8 Å². The number of nitrogens with one attached hydrogen (secondary N) is 1. The summed E-state index contributed by atoms with van der Waals surface area (Å²) >= 11 is 1.46. The fourth-order valence-corrected chi connectivity index (χ4v) is 2.95. The molecule has 1 N–H and O–H groups in total. The third-order valence-electron chi connectivity index (χ3n) is 3.15. The highest BCUT2D eigenvalue weighted by atomic mass is 32.1. The third-order valence-corrected chi connectivity index (χ3v) is 4.06. The molecule has 5 nitrogen and oxygen atoms in total. The number of nitro groups is 1. The topological polar surface area (TPSA) is 68.1 Å². The molecule has 1 heterocycles. The zero-order chi connectivity index (χ0) is 16.2. The Morgan fingerprint density at radius 1 is 1.22 bits per heavy atom. The van der Waals surface area contributed by atoms with Gasteiger partial charge in [0.2, 0.25) is 0 Å². The number of hydrogen-bond acceptors (Lipinski definition) is 5. The zero-order valence-corrected chi connectivity index (χ0v) is 12.7. The number of aromatic nitrogens is 1. The fraction of sp³-hybridized carbons (Fsp3) is 0.0625. The van der Waals surface area contributed by atoms with Crippen LogP contribution in [0.2, 0.25) is 0 Å². The Labute approximate surface area is 135 Å². The van der Waals surface area contributed by atoms with Crippen LogP contribution in [0.5, 0.6) is 0 Å². The van der Waals surface area contributed by atoms with Crippen LogP contribution < -0.4 is 5.32 Å². The summed E-state index contributed by atoms with van der Waals surface area (Å²) in [7, 11) is 0. The molecule has 0 amide bonds. The molecule has 2 aromatic carbocycles. The number of nitro benzene ring substituents is 1. The van der Waals surface area contributed by atoms with E-state index in [-0.39, 0.29) is 11.5 Å². The number of hydrogen-bond donors (Lipinski definition) is 1. The van der Waals surface area contributed by atoms with Crippen molar-refractivity contribution in [3.05, 3.63) is 81.1 Å². The normalized spacial score (nSPS) is 10.5. The summed E-state index contributed by atoms with van der Waals surface area (Å²) in [4.78, 5) is 15.6. The summed E-state index contributed by atoms with van der Waals surface area (Å²) in [5, 5.41) is 14.6. The molecule has 0 bridgehead atoms. The molecule has 0 atom stereocenters. The van der Waals surface area contributed by atoms with Crippen molar-refractivity contribution in [1.82, 2.24) is 4.98 Å². The molecule has 0 saturated carbocycles. The van der Waals surface area contributed by atoms with Gasteiger partial charge in [-0.2, -0.15) is 0 Å². The molecule has 3 aromatic rings. The van der Waals surface area contributed by atoms with E-state index in [0.29, 0.717) is 11.6 Å². The second-order valence-electron chi connectivity index (χ2n) is 4.87. The van der Waals surface area contributed by atoms with Crippen LogP contribution in [0.25, 0.3) is 0 Å². The predicted octanol–water partition coefficient (Wildman–Crippen LogP) is 4.52. The molecule has 0 fully saturated rings. The van der Waals surface area contributed by atoms with Gasteiger partial charge in [0.05, 0.1) is 4.92 Å². The Hall–Kier alpha value is -2.80. The maximum atomic E-state index is 12.9. The Balaban J connectivity index is 1.71. The van der Waals surface area contributed by atoms with Gasteiger partial charge >= 0.3 is 0 Å². The smallest absolute Gasteiger partial charge is 0.269 e. The summed E-state index contributed by atoms with van der Waals surface area (Å²) in [6, 6.07) is 12.6. The molecule has 0 unspecified atom stereocenters. The van der Waals surface area contributed by atoms with Crippen molar-refractivity contribution in [1.29, 1.82) is 0 Å². The van der Waals surface area contributed by atoms with Crippen molar-refractivity contribution in [2.75, 3.05) is 5.32 Å². The minimum atomic E-state index is -0.405. The molecule has 0 radical (unpaired) electrons. The van der Waals surface area contributed by atoms with Crippen molar-refractivity contribution in [2.45, 2.75) is 6.42 Å². The Morgan fingerprint density at radius 3 is 2.74 bits per heavy atom. The first-order valence-corrected chi connectivity index (χ1v) is 7.62.